The fraction of sp³-hybridized carbons (Fsp3) is 0.579. The fourth-order valence-corrected chi connectivity index (χ4v) is 4.24. The van der Waals surface area contributed by atoms with E-state index in [1.807, 2.05) is 25.7 Å². The number of rotatable bonds is 3. The van der Waals surface area contributed by atoms with Gasteiger partial charge < -0.3 is 10.2 Å². The van der Waals surface area contributed by atoms with Gasteiger partial charge in [0.15, 0.2) is 5.65 Å². The molecular weight excluding hydrogens is 346 g/mol. The van der Waals surface area contributed by atoms with Crippen LogP contribution in [0, 0.1) is 11.8 Å². The minimum Gasteiger partial charge on any atom is -0.338 e. The van der Waals surface area contributed by atoms with Gasteiger partial charge in [0.1, 0.15) is 0 Å². The highest BCUT2D eigenvalue weighted by Crippen LogP contribution is 2.29. The van der Waals surface area contributed by atoms with Gasteiger partial charge in [0.25, 0.3) is 11.5 Å². The number of likely N-dealkylation sites (tertiary alicyclic amines) is 1. The summed E-state index contributed by atoms with van der Waals surface area (Å²) in [6.07, 6.45) is 0. The topological polar surface area (TPSA) is 100 Å². The van der Waals surface area contributed by atoms with Gasteiger partial charge in [0, 0.05) is 38.4 Å². The number of H-pyrrole nitrogens is 1. The molecule has 0 aromatic carbocycles. The van der Waals surface area contributed by atoms with Crippen molar-refractivity contribution >= 4 is 16.9 Å². The summed E-state index contributed by atoms with van der Waals surface area (Å²) in [5, 5.41) is 3.58. The van der Waals surface area contributed by atoms with E-state index in [2.05, 4.69) is 15.3 Å². The Kier molecular flexibility index (Phi) is 4.38. The summed E-state index contributed by atoms with van der Waals surface area (Å²) in [6, 6.07) is 1.72. The Morgan fingerprint density at radius 1 is 1.26 bits per heavy atom. The van der Waals surface area contributed by atoms with Crippen LogP contribution in [0.2, 0.25) is 0 Å². The maximum atomic E-state index is 13.3. The maximum absolute atomic E-state index is 13.3. The number of amides is 1. The van der Waals surface area contributed by atoms with E-state index < -0.39 is 11.2 Å². The lowest BCUT2D eigenvalue weighted by Crippen LogP contribution is -2.35. The van der Waals surface area contributed by atoms with Crippen molar-refractivity contribution in [2.24, 2.45) is 11.8 Å². The first-order chi connectivity index (χ1) is 12.9. The fourth-order valence-electron chi connectivity index (χ4n) is 4.24. The number of fused-ring (bicyclic) bond motifs is 2. The molecule has 2 atom stereocenters. The van der Waals surface area contributed by atoms with Crippen LogP contribution in [-0.4, -0.2) is 51.5 Å². The van der Waals surface area contributed by atoms with Crippen molar-refractivity contribution in [3.63, 3.8) is 0 Å². The molecule has 8 heteroatoms. The summed E-state index contributed by atoms with van der Waals surface area (Å²) in [4.78, 5) is 46.9. The standard InChI is InChI=1S/C19H25N5O3/c1-4-24-16-15(17(25)22-19(24)27)13(5-14(21-16)10(2)3)18(26)23-8-11-6-20-7-12(11)9-23/h5,10-12,20H,4,6-9H2,1-3H3,(H,22,25,27)/t11-,12+. The summed E-state index contributed by atoms with van der Waals surface area (Å²) in [5.74, 6) is 0.866. The number of nitrogens with one attached hydrogen (secondary N) is 2. The second-order valence-corrected chi connectivity index (χ2v) is 7.84. The predicted octanol–water partition coefficient (Wildman–Crippen LogP) is 0.520. The third kappa shape index (κ3) is 2.88. The van der Waals surface area contributed by atoms with Crippen LogP contribution in [-0.2, 0) is 6.54 Å². The molecule has 0 spiro atoms. The second kappa shape index (κ2) is 6.60. The van der Waals surface area contributed by atoms with Crippen molar-refractivity contribution in [3.05, 3.63) is 38.2 Å². The number of hydrogen-bond donors (Lipinski definition) is 2. The number of aromatic amines is 1. The van der Waals surface area contributed by atoms with Crippen molar-refractivity contribution in [1.29, 1.82) is 0 Å². The highest BCUT2D eigenvalue weighted by Gasteiger charge is 2.39. The van der Waals surface area contributed by atoms with Gasteiger partial charge >= 0.3 is 5.69 Å². The second-order valence-electron chi connectivity index (χ2n) is 7.84. The highest BCUT2D eigenvalue weighted by molar-refractivity contribution is 6.05. The first kappa shape index (κ1) is 17.9. The molecule has 8 nitrogen and oxygen atoms in total. The summed E-state index contributed by atoms with van der Waals surface area (Å²) >= 11 is 0. The minimum atomic E-state index is -0.549. The third-order valence-electron chi connectivity index (χ3n) is 5.78. The molecule has 27 heavy (non-hydrogen) atoms. The van der Waals surface area contributed by atoms with Crippen molar-refractivity contribution in [1.82, 2.24) is 24.8 Å². The van der Waals surface area contributed by atoms with Gasteiger partial charge in [-0.2, -0.15) is 0 Å². The summed E-state index contributed by atoms with van der Waals surface area (Å²) in [5.41, 5.74) is 0.302. The van der Waals surface area contributed by atoms with Gasteiger partial charge in [0.2, 0.25) is 0 Å². The van der Waals surface area contributed by atoms with E-state index in [4.69, 9.17) is 0 Å². The van der Waals surface area contributed by atoms with Gasteiger partial charge in [-0.05, 0) is 30.7 Å². The van der Waals surface area contributed by atoms with Crippen LogP contribution in [0.15, 0.2) is 15.7 Å². The van der Waals surface area contributed by atoms with Crippen LogP contribution in [0.25, 0.3) is 11.0 Å². The zero-order chi connectivity index (χ0) is 19.3. The van der Waals surface area contributed by atoms with Crippen LogP contribution in [0.4, 0.5) is 0 Å². The molecule has 4 rings (SSSR count). The van der Waals surface area contributed by atoms with Gasteiger partial charge in [-0.3, -0.25) is 19.1 Å². The lowest BCUT2D eigenvalue weighted by molar-refractivity contribution is 0.0783. The molecule has 2 aliphatic rings. The average Bonchev–Trinajstić information content (AvgIpc) is 3.22. The largest absolute Gasteiger partial charge is 0.338 e. The van der Waals surface area contributed by atoms with E-state index in [-0.39, 0.29) is 17.2 Å². The Bertz CT molecular complexity index is 1010. The summed E-state index contributed by atoms with van der Waals surface area (Å²) in [7, 11) is 0. The zero-order valence-electron chi connectivity index (χ0n) is 15.9. The van der Waals surface area contributed by atoms with E-state index in [9.17, 15) is 14.4 Å². The highest BCUT2D eigenvalue weighted by atomic mass is 16.2. The number of aromatic nitrogens is 3. The minimum absolute atomic E-state index is 0.0720. The van der Waals surface area contributed by atoms with Gasteiger partial charge in [0.05, 0.1) is 10.9 Å². The molecule has 2 aromatic rings. The van der Waals surface area contributed by atoms with Gasteiger partial charge in [-0.15, -0.1) is 0 Å². The molecule has 4 heterocycles. The van der Waals surface area contributed by atoms with Crippen LogP contribution in [0.3, 0.4) is 0 Å². The maximum Gasteiger partial charge on any atom is 0.329 e. The molecule has 144 valence electrons. The molecule has 0 saturated carbocycles. The first-order valence-electron chi connectivity index (χ1n) is 9.58. The lowest BCUT2D eigenvalue weighted by atomic mass is 10.0. The molecule has 2 saturated heterocycles. The summed E-state index contributed by atoms with van der Waals surface area (Å²) in [6.45, 7) is 9.40. The Balaban J connectivity index is 1.90. The van der Waals surface area contributed by atoms with Crippen molar-refractivity contribution in [2.75, 3.05) is 26.2 Å². The van der Waals surface area contributed by atoms with Crippen LogP contribution in [0.1, 0.15) is 42.7 Å². The lowest BCUT2D eigenvalue weighted by Gasteiger charge is -2.20. The number of hydrogen-bond acceptors (Lipinski definition) is 5. The smallest absolute Gasteiger partial charge is 0.329 e. The molecule has 2 aromatic heterocycles. The summed E-state index contributed by atoms with van der Waals surface area (Å²) < 4.78 is 1.42. The van der Waals surface area contributed by atoms with Crippen molar-refractivity contribution in [2.45, 2.75) is 33.2 Å². The van der Waals surface area contributed by atoms with E-state index in [0.717, 1.165) is 13.1 Å². The Hall–Kier alpha value is -2.48. The first-order valence-corrected chi connectivity index (χ1v) is 9.58. The number of carbonyl (C=O) groups excluding carboxylic acids is 1. The van der Waals surface area contributed by atoms with E-state index in [1.165, 1.54) is 4.57 Å². The molecule has 0 bridgehead atoms. The quantitative estimate of drug-likeness (QED) is 0.819. The number of aryl methyl sites for hydroxylation is 1. The van der Waals surface area contributed by atoms with Gasteiger partial charge in [-0.1, -0.05) is 13.8 Å². The van der Waals surface area contributed by atoms with E-state index >= 15 is 0 Å². The molecule has 2 N–H and O–H groups in total. The van der Waals surface area contributed by atoms with Crippen molar-refractivity contribution < 1.29 is 4.79 Å². The number of pyridine rings is 1. The Labute approximate surface area is 156 Å². The zero-order valence-corrected chi connectivity index (χ0v) is 15.9. The number of nitrogens with zero attached hydrogens (tertiary/aromatic N) is 3. The van der Waals surface area contributed by atoms with E-state index in [1.54, 1.807) is 6.07 Å². The normalized spacial score (nSPS) is 22.0. The molecule has 2 fully saturated rings. The molecule has 0 radical (unpaired) electrons. The van der Waals surface area contributed by atoms with E-state index in [0.29, 0.717) is 48.4 Å². The third-order valence-corrected chi connectivity index (χ3v) is 5.78. The molecule has 0 aliphatic carbocycles. The van der Waals surface area contributed by atoms with Crippen LogP contribution in [0.5, 0.6) is 0 Å². The predicted molar refractivity (Wildman–Crippen MR) is 102 cm³/mol. The van der Waals surface area contributed by atoms with Gasteiger partial charge in [-0.25, -0.2) is 9.78 Å². The van der Waals surface area contributed by atoms with Crippen molar-refractivity contribution in [3.8, 4) is 0 Å². The molecular formula is C19H25N5O3. The molecule has 1 amide bonds. The SMILES string of the molecule is CCn1c(=O)[nH]c(=O)c2c(C(=O)N3C[C@H]4CNC[C@H]4C3)cc(C(C)C)nc21. The molecule has 2 aliphatic heterocycles. The van der Waals surface area contributed by atoms with Crippen LogP contribution >= 0.6 is 0 Å². The molecule has 0 unspecified atom stereocenters. The Morgan fingerprint density at radius 3 is 2.52 bits per heavy atom. The van der Waals surface area contributed by atoms with Crippen LogP contribution < -0.4 is 16.6 Å². The number of carbonyl (C=O) groups is 1. The Morgan fingerprint density at radius 2 is 1.93 bits per heavy atom. The average molecular weight is 371 g/mol. The monoisotopic (exact) mass is 371 g/mol.